The van der Waals surface area contributed by atoms with Crippen molar-refractivity contribution < 1.29 is 13.2 Å². The zero-order valence-electron chi connectivity index (χ0n) is 11.3. The average Bonchev–Trinajstić information content (AvgIpc) is 2.45. The Morgan fingerprint density at radius 3 is 2.64 bits per heavy atom. The van der Waals surface area contributed by atoms with Gasteiger partial charge in [-0.1, -0.05) is 53.7 Å². The van der Waals surface area contributed by atoms with Crippen molar-refractivity contribution in [3.63, 3.8) is 0 Å². The van der Waals surface area contributed by atoms with Gasteiger partial charge in [0, 0.05) is 21.9 Å². The number of nitrogens with zero attached hydrogens (tertiary/aromatic N) is 1. The number of hydrogen-bond acceptors (Lipinski definition) is 3. The van der Waals surface area contributed by atoms with Crippen LogP contribution in [0.15, 0.2) is 50.4 Å². The number of halogens is 5. The number of aromatic amines is 1. The minimum absolute atomic E-state index is 0.123. The fourth-order valence-electron chi connectivity index (χ4n) is 1.34. The highest BCUT2D eigenvalue weighted by atomic mass is 35.5. The third-order valence-corrected chi connectivity index (χ3v) is 4.10. The molecule has 1 N–H and O–H groups in total. The molecule has 1 aromatic heterocycles. The summed E-state index contributed by atoms with van der Waals surface area (Å²) >= 11 is 12.8. The highest BCUT2D eigenvalue weighted by Gasteiger charge is 2.33. The number of allylic oxidation sites excluding steroid dienone is 4. The number of rotatable bonds is 5. The maximum atomic E-state index is 12.6. The lowest BCUT2D eigenvalue weighted by Gasteiger charge is -2.09. The molecule has 0 aliphatic carbocycles. The monoisotopic (exact) mass is 370 g/mol. The van der Waals surface area contributed by atoms with E-state index in [9.17, 15) is 18.0 Å². The number of alkyl halides is 3. The van der Waals surface area contributed by atoms with Gasteiger partial charge in [0.1, 0.15) is 0 Å². The van der Waals surface area contributed by atoms with Crippen molar-refractivity contribution in [1.82, 2.24) is 9.97 Å². The zero-order chi connectivity index (χ0) is 16.9. The second kappa shape index (κ2) is 7.89. The van der Waals surface area contributed by atoms with Crippen molar-refractivity contribution in [1.29, 1.82) is 0 Å². The van der Waals surface area contributed by atoms with Gasteiger partial charge in [0.05, 0.1) is 0 Å². The molecular weight excluding hydrogens is 360 g/mol. The molecule has 9 heteroatoms. The minimum Gasteiger partial charge on any atom is -0.301 e. The van der Waals surface area contributed by atoms with Crippen molar-refractivity contribution >= 4 is 35.0 Å². The largest absolute Gasteiger partial charge is 0.433 e. The SMILES string of the molecule is C=C/C(Cl)=C(CSc1nc(C(F)(F)F)cc(=O)[nH]1)\C(Cl)=C/C. The van der Waals surface area contributed by atoms with Crippen LogP contribution in [0, 0.1) is 0 Å². The van der Waals surface area contributed by atoms with Crippen molar-refractivity contribution in [2.75, 3.05) is 5.75 Å². The Kier molecular flexibility index (Phi) is 6.77. The molecule has 0 atom stereocenters. The van der Waals surface area contributed by atoms with E-state index in [1.165, 1.54) is 6.08 Å². The van der Waals surface area contributed by atoms with Crippen molar-refractivity contribution in [3.8, 4) is 0 Å². The first-order valence-corrected chi connectivity index (χ1v) is 7.57. The number of H-pyrrole nitrogens is 1. The highest BCUT2D eigenvalue weighted by molar-refractivity contribution is 7.99. The molecule has 0 saturated heterocycles. The van der Waals surface area contributed by atoms with Gasteiger partial charge in [0.15, 0.2) is 10.9 Å². The standard InChI is InChI=1S/C13H11Cl2F3N2OS/c1-3-8(14)7(9(15)4-2)6-22-12-19-10(13(16,17)18)5-11(21)20-12/h3-5H,1,6H2,2H3,(H,19,20,21)/b8-7+,9-4+. The summed E-state index contributed by atoms with van der Waals surface area (Å²) in [7, 11) is 0. The Morgan fingerprint density at radius 1 is 1.50 bits per heavy atom. The van der Waals surface area contributed by atoms with Gasteiger partial charge < -0.3 is 4.98 Å². The number of hydrogen-bond donors (Lipinski definition) is 1. The number of aromatic nitrogens is 2. The van der Waals surface area contributed by atoms with Gasteiger partial charge >= 0.3 is 6.18 Å². The molecule has 3 nitrogen and oxygen atoms in total. The van der Waals surface area contributed by atoms with Gasteiger partial charge in [-0.25, -0.2) is 4.98 Å². The second-order valence-electron chi connectivity index (χ2n) is 3.89. The van der Waals surface area contributed by atoms with Crippen LogP contribution in [-0.2, 0) is 6.18 Å². The van der Waals surface area contributed by atoms with Crippen LogP contribution in [0.1, 0.15) is 12.6 Å². The van der Waals surface area contributed by atoms with E-state index in [1.807, 2.05) is 0 Å². The molecule has 1 heterocycles. The van der Waals surface area contributed by atoms with Crippen molar-refractivity contribution in [2.45, 2.75) is 18.3 Å². The quantitative estimate of drug-likeness (QED) is 0.464. The molecule has 22 heavy (non-hydrogen) atoms. The molecular formula is C13H11Cl2F3N2OS. The Labute approximate surface area is 138 Å². The fraction of sp³-hybridized carbons (Fsp3) is 0.231. The van der Waals surface area contributed by atoms with Crippen molar-refractivity contribution in [3.05, 3.63) is 56.5 Å². The highest BCUT2D eigenvalue weighted by Crippen LogP contribution is 2.30. The average molecular weight is 371 g/mol. The molecule has 0 saturated carbocycles. The molecule has 120 valence electrons. The van der Waals surface area contributed by atoms with Crippen LogP contribution >= 0.6 is 35.0 Å². The van der Waals surface area contributed by atoms with Gasteiger partial charge in [0.25, 0.3) is 5.56 Å². The predicted molar refractivity (Wildman–Crippen MR) is 83.3 cm³/mol. The maximum Gasteiger partial charge on any atom is 0.433 e. The molecule has 0 aromatic carbocycles. The summed E-state index contributed by atoms with van der Waals surface area (Å²) in [4.78, 5) is 16.9. The van der Waals surface area contributed by atoms with E-state index in [0.717, 1.165) is 11.8 Å². The lowest BCUT2D eigenvalue weighted by Crippen LogP contribution is -2.16. The molecule has 0 spiro atoms. The van der Waals surface area contributed by atoms with Crippen LogP contribution in [-0.4, -0.2) is 15.7 Å². The third kappa shape index (κ3) is 5.23. The summed E-state index contributed by atoms with van der Waals surface area (Å²) in [6, 6.07) is 0.399. The van der Waals surface area contributed by atoms with E-state index in [0.29, 0.717) is 16.7 Å². The Bertz CT molecular complexity index is 681. The van der Waals surface area contributed by atoms with E-state index in [4.69, 9.17) is 23.2 Å². The summed E-state index contributed by atoms with van der Waals surface area (Å²) in [6.45, 7) is 5.19. The van der Waals surface area contributed by atoms with Crippen LogP contribution < -0.4 is 5.56 Å². The first-order valence-electron chi connectivity index (χ1n) is 5.83. The first kappa shape index (κ1) is 18.9. The van der Waals surface area contributed by atoms with Crippen LogP contribution in [0.2, 0.25) is 0 Å². The van der Waals surface area contributed by atoms with Gasteiger partial charge in [-0.15, -0.1) is 0 Å². The van der Waals surface area contributed by atoms with Gasteiger partial charge in [-0.2, -0.15) is 13.2 Å². The van der Waals surface area contributed by atoms with E-state index in [-0.39, 0.29) is 15.9 Å². The number of thioether (sulfide) groups is 1. The zero-order valence-corrected chi connectivity index (χ0v) is 13.6. The fourth-order valence-corrected chi connectivity index (χ4v) is 2.81. The molecule has 0 fully saturated rings. The molecule has 0 unspecified atom stereocenters. The molecule has 1 aromatic rings. The van der Waals surface area contributed by atoms with Crippen LogP contribution in [0.4, 0.5) is 13.2 Å². The summed E-state index contributed by atoms with van der Waals surface area (Å²) in [6.07, 6.45) is -1.74. The second-order valence-corrected chi connectivity index (χ2v) is 5.67. The third-order valence-electron chi connectivity index (χ3n) is 2.37. The molecule has 0 amide bonds. The summed E-state index contributed by atoms with van der Waals surface area (Å²) in [5, 5.41) is 0.433. The Hall–Kier alpha value is -1.18. The van der Waals surface area contributed by atoms with E-state index in [1.54, 1.807) is 13.0 Å². The van der Waals surface area contributed by atoms with E-state index in [2.05, 4.69) is 16.5 Å². The van der Waals surface area contributed by atoms with Gasteiger partial charge in [-0.3, -0.25) is 4.79 Å². The minimum atomic E-state index is -4.69. The van der Waals surface area contributed by atoms with E-state index < -0.39 is 17.4 Å². The van der Waals surface area contributed by atoms with Gasteiger partial charge in [0.2, 0.25) is 0 Å². The smallest absolute Gasteiger partial charge is 0.301 e. The van der Waals surface area contributed by atoms with Crippen LogP contribution in [0.5, 0.6) is 0 Å². The van der Waals surface area contributed by atoms with E-state index >= 15 is 0 Å². The van der Waals surface area contributed by atoms with Gasteiger partial charge in [-0.05, 0) is 12.5 Å². The molecule has 0 aliphatic heterocycles. The topological polar surface area (TPSA) is 45.8 Å². The summed E-state index contributed by atoms with van der Waals surface area (Å²) in [5.41, 5.74) is -1.66. The predicted octanol–water partition coefficient (Wildman–Crippen LogP) is 4.70. The summed E-state index contributed by atoms with van der Waals surface area (Å²) in [5.74, 6) is 0.123. The first-order chi connectivity index (χ1) is 10.2. The molecule has 0 radical (unpaired) electrons. The normalized spacial score (nSPS) is 13.8. The number of nitrogens with one attached hydrogen (secondary N) is 1. The molecule has 0 aliphatic rings. The van der Waals surface area contributed by atoms with Crippen LogP contribution in [0.25, 0.3) is 0 Å². The lowest BCUT2D eigenvalue weighted by molar-refractivity contribution is -0.141. The lowest BCUT2D eigenvalue weighted by atomic mass is 10.2. The molecule has 1 rings (SSSR count). The maximum absolute atomic E-state index is 12.6. The van der Waals surface area contributed by atoms with Crippen molar-refractivity contribution in [2.24, 2.45) is 0 Å². The molecule has 0 bridgehead atoms. The Morgan fingerprint density at radius 2 is 2.14 bits per heavy atom. The summed E-state index contributed by atoms with van der Waals surface area (Å²) < 4.78 is 37.8. The Balaban J connectivity index is 3.08. The van der Waals surface area contributed by atoms with Crippen LogP contribution in [0.3, 0.4) is 0 Å².